The van der Waals surface area contributed by atoms with E-state index in [1.54, 1.807) is 6.92 Å². The van der Waals surface area contributed by atoms with Crippen LogP contribution in [0.3, 0.4) is 0 Å². The number of rotatable bonds is 7. The zero-order valence-electron chi connectivity index (χ0n) is 11.9. The first-order valence-corrected chi connectivity index (χ1v) is 10.0. The number of ether oxygens (including phenoxy) is 2. The third-order valence-electron chi connectivity index (χ3n) is 2.49. The van der Waals surface area contributed by atoms with E-state index in [1.807, 2.05) is 0 Å². The van der Waals surface area contributed by atoms with Crippen molar-refractivity contribution in [2.75, 3.05) is 13.2 Å². The lowest BCUT2D eigenvalue weighted by Gasteiger charge is -2.15. The summed E-state index contributed by atoms with van der Waals surface area (Å²) in [5.74, 6) is -1.54. The van der Waals surface area contributed by atoms with Crippen molar-refractivity contribution in [2.24, 2.45) is 0 Å². The molecule has 1 rings (SSSR count). The molecule has 7 heteroatoms. The maximum Gasteiger partial charge on any atom is 0.359 e. The molecule has 0 aliphatic rings. The number of halogens is 1. The highest BCUT2D eigenvalue weighted by molar-refractivity contribution is 6.76. The fraction of sp³-hybridized carbons (Fsp3) is 0.667. The zero-order valence-corrected chi connectivity index (χ0v) is 12.9. The average Bonchev–Trinajstić information content (AvgIpc) is 2.65. The highest BCUT2D eigenvalue weighted by atomic mass is 28.3. The van der Waals surface area contributed by atoms with Crippen LogP contribution in [0.15, 0.2) is 6.33 Å². The normalized spacial score (nSPS) is 11.6. The van der Waals surface area contributed by atoms with E-state index in [1.165, 1.54) is 10.9 Å². The number of esters is 1. The summed E-state index contributed by atoms with van der Waals surface area (Å²) in [6.07, 6.45) is 1.25. The molecule has 0 saturated heterocycles. The second kappa shape index (κ2) is 6.81. The fourth-order valence-electron chi connectivity index (χ4n) is 1.40. The third-order valence-corrected chi connectivity index (χ3v) is 4.19. The van der Waals surface area contributed by atoms with Crippen LogP contribution in [0.2, 0.25) is 25.7 Å². The van der Waals surface area contributed by atoms with Crippen LogP contribution >= 0.6 is 0 Å². The molecule has 108 valence electrons. The van der Waals surface area contributed by atoms with E-state index in [9.17, 15) is 9.18 Å². The molecule has 1 heterocycles. The molecular weight excluding hydrogens is 267 g/mol. The minimum atomic E-state index is -1.15. The lowest BCUT2D eigenvalue weighted by molar-refractivity contribution is 0.0466. The maximum atomic E-state index is 13.4. The summed E-state index contributed by atoms with van der Waals surface area (Å²) >= 11 is 0. The van der Waals surface area contributed by atoms with Gasteiger partial charge in [0, 0.05) is 14.7 Å². The Morgan fingerprint density at radius 3 is 2.74 bits per heavy atom. The minimum absolute atomic E-state index is 0.107. The fourth-order valence-corrected chi connectivity index (χ4v) is 2.15. The number of carbonyl (C=O) groups is 1. The molecule has 0 fully saturated rings. The van der Waals surface area contributed by atoms with Crippen LogP contribution in [0.4, 0.5) is 4.39 Å². The molecule has 0 aliphatic carbocycles. The van der Waals surface area contributed by atoms with Gasteiger partial charge in [-0.25, -0.2) is 9.78 Å². The summed E-state index contributed by atoms with van der Waals surface area (Å²) in [5.41, 5.74) is -0.185. The van der Waals surface area contributed by atoms with Crippen molar-refractivity contribution in [1.82, 2.24) is 9.55 Å². The molecule has 19 heavy (non-hydrogen) atoms. The Bertz CT molecular complexity index is 429. The number of hydrogen-bond donors (Lipinski definition) is 0. The maximum absolute atomic E-state index is 13.4. The Morgan fingerprint density at radius 1 is 1.47 bits per heavy atom. The van der Waals surface area contributed by atoms with Crippen molar-refractivity contribution in [2.45, 2.75) is 39.3 Å². The van der Waals surface area contributed by atoms with Crippen molar-refractivity contribution >= 4 is 14.0 Å². The van der Waals surface area contributed by atoms with E-state index in [0.717, 1.165) is 6.04 Å². The van der Waals surface area contributed by atoms with Crippen LogP contribution in [-0.2, 0) is 16.2 Å². The summed E-state index contributed by atoms with van der Waals surface area (Å²) in [6.45, 7) is 9.31. The Balaban J connectivity index is 2.57. The first kappa shape index (κ1) is 15.8. The van der Waals surface area contributed by atoms with Gasteiger partial charge < -0.3 is 9.47 Å². The van der Waals surface area contributed by atoms with E-state index < -0.39 is 20.0 Å². The van der Waals surface area contributed by atoms with Crippen molar-refractivity contribution in [3.05, 3.63) is 18.0 Å². The smallest absolute Gasteiger partial charge is 0.359 e. The summed E-state index contributed by atoms with van der Waals surface area (Å²) in [7, 11) is -1.15. The van der Waals surface area contributed by atoms with Crippen LogP contribution in [0.5, 0.6) is 0 Å². The second-order valence-electron chi connectivity index (χ2n) is 5.42. The monoisotopic (exact) mass is 288 g/mol. The molecule has 0 N–H and O–H groups in total. The van der Waals surface area contributed by atoms with E-state index in [-0.39, 0.29) is 19.0 Å². The van der Waals surface area contributed by atoms with Gasteiger partial charge in [-0.2, -0.15) is 4.39 Å². The second-order valence-corrected chi connectivity index (χ2v) is 11.0. The van der Waals surface area contributed by atoms with Gasteiger partial charge in [-0.15, -0.1) is 0 Å². The van der Waals surface area contributed by atoms with Crippen molar-refractivity contribution in [3.8, 4) is 0 Å². The first-order valence-electron chi connectivity index (χ1n) is 6.30. The molecule has 1 aromatic rings. The van der Waals surface area contributed by atoms with Crippen molar-refractivity contribution in [1.29, 1.82) is 0 Å². The predicted molar refractivity (Wildman–Crippen MR) is 72.2 cm³/mol. The summed E-state index contributed by atoms with van der Waals surface area (Å²) in [6, 6.07) is 1.01. The summed E-state index contributed by atoms with van der Waals surface area (Å²) < 4.78 is 25.0. The Kier molecular flexibility index (Phi) is 5.68. The van der Waals surface area contributed by atoms with Gasteiger partial charge in [-0.1, -0.05) is 19.6 Å². The highest BCUT2D eigenvalue weighted by Crippen LogP contribution is 2.10. The van der Waals surface area contributed by atoms with Gasteiger partial charge in [0.25, 0.3) is 0 Å². The van der Waals surface area contributed by atoms with Gasteiger partial charge in [0.05, 0.1) is 6.61 Å². The predicted octanol–water partition coefficient (Wildman–Crippen LogP) is 2.51. The third kappa shape index (κ3) is 5.12. The zero-order chi connectivity index (χ0) is 14.5. The molecule has 0 radical (unpaired) electrons. The van der Waals surface area contributed by atoms with E-state index in [4.69, 9.17) is 9.47 Å². The number of hydrogen-bond acceptors (Lipinski definition) is 4. The largest absolute Gasteiger partial charge is 0.461 e. The van der Waals surface area contributed by atoms with Gasteiger partial charge in [0.15, 0.2) is 5.69 Å². The number of carbonyl (C=O) groups excluding carboxylic acids is 1. The van der Waals surface area contributed by atoms with Crippen LogP contribution in [0, 0.1) is 5.95 Å². The van der Waals surface area contributed by atoms with E-state index >= 15 is 0 Å². The molecule has 0 atom stereocenters. The van der Waals surface area contributed by atoms with Gasteiger partial charge >= 0.3 is 5.97 Å². The minimum Gasteiger partial charge on any atom is -0.461 e. The van der Waals surface area contributed by atoms with Crippen LogP contribution in [-0.4, -0.2) is 36.8 Å². The van der Waals surface area contributed by atoms with Crippen molar-refractivity contribution in [3.63, 3.8) is 0 Å². The summed E-state index contributed by atoms with van der Waals surface area (Å²) in [5, 5.41) is 0. The van der Waals surface area contributed by atoms with Gasteiger partial charge in [0.1, 0.15) is 13.1 Å². The van der Waals surface area contributed by atoms with Crippen LogP contribution in [0.25, 0.3) is 0 Å². The van der Waals surface area contributed by atoms with Gasteiger partial charge in [-0.3, -0.25) is 4.57 Å². The lowest BCUT2D eigenvalue weighted by atomic mass is 10.4. The van der Waals surface area contributed by atoms with Gasteiger partial charge in [-0.05, 0) is 13.0 Å². The highest BCUT2D eigenvalue weighted by Gasteiger charge is 2.20. The van der Waals surface area contributed by atoms with Gasteiger partial charge in [0.2, 0.25) is 5.95 Å². The Hall–Kier alpha value is -1.21. The molecule has 1 aromatic heterocycles. The molecule has 0 amide bonds. The van der Waals surface area contributed by atoms with E-state index in [2.05, 4.69) is 24.6 Å². The quantitative estimate of drug-likeness (QED) is 0.439. The van der Waals surface area contributed by atoms with E-state index in [0.29, 0.717) is 6.61 Å². The molecular formula is C12H21FN2O3Si. The standard InChI is InChI=1S/C12H21FN2O3Si/c1-5-18-12(16)10-11(13)14-8-15(10)9-17-6-7-19(2,3)4/h8H,5-7,9H2,1-4H3. The Morgan fingerprint density at radius 2 is 2.16 bits per heavy atom. The number of aromatic nitrogens is 2. The summed E-state index contributed by atoms with van der Waals surface area (Å²) in [4.78, 5) is 15.0. The first-order chi connectivity index (χ1) is 8.85. The molecule has 0 bridgehead atoms. The van der Waals surface area contributed by atoms with Crippen LogP contribution in [0.1, 0.15) is 17.4 Å². The lowest BCUT2D eigenvalue weighted by Crippen LogP contribution is -2.22. The SMILES string of the molecule is CCOC(=O)c1c(F)ncn1COCC[Si](C)(C)C. The molecule has 5 nitrogen and oxygen atoms in total. The molecule has 0 saturated carbocycles. The Labute approximate surface area is 113 Å². The number of nitrogens with zero attached hydrogens (tertiary/aromatic N) is 2. The average molecular weight is 288 g/mol. The molecule has 0 unspecified atom stereocenters. The van der Waals surface area contributed by atoms with Crippen molar-refractivity contribution < 1.29 is 18.7 Å². The number of imidazole rings is 1. The molecule has 0 aliphatic heterocycles. The topological polar surface area (TPSA) is 53.3 Å². The molecule has 0 spiro atoms. The molecule has 0 aromatic carbocycles. The van der Waals surface area contributed by atoms with Crippen LogP contribution < -0.4 is 0 Å².